The normalized spacial score (nSPS) is 10.1. The minimum atomic E-state index is 0.420. The lowest BCUT2D eigenvalue weighted by Crippen LogP contribution is -1.97. The summed E-state index contributed by atoms with van der Waals surface area (Å²) in [6.07, 6.45) is 1.67. The summed E-state index contributed by atoms with van der Waals surface area (Å²) in [5.74, 6) is 1.84. The highest BCUT2D eigenvalue weighted by molar-refractivity contribution is 5.55. The zero-order valence-corrected chi connectivity index (χ0v) is 10.5. The van der Waals surface area contributed by atoms with Gasteiger partial charge in [-0.15, -0.1) is 0 Å². The van der Waals surface area contributed by atoms with Gasteiger partial charge in [0.2, 0.25) is 5.88 Å². The Morgan fingerprint density at radius 1 is 1.22 bits per heavy atom. The Hall–Kier alpha value is -2.23. The highest BCUT2D eigenvalue weighted by Gasteiger charge is 2.06. The number of anilines is 1. The van der Waals surface area contributed by atoms with E-state index >= 15 is 0 Å². The van der Waals surface area contributed by atoms with Crippen molar-refractivity contribution in [3.8, 4) is 17.4 Å². The molecule has 0 aliphatic rings. The number of hydrogen-bond donors (Lipinski definition) is 1. The second kappa shape index (κ2) is 5.40. The van der Waals surface area contributed by atoms with Gasteiger partial charge in [-0.3, -0.25) is 0 Å². The van der Waals surface area contributed by atoms with Crippen molar-refractivity contribution in [2.24, 2.45) is 0 Å². The summed E-state index contributed by atoms with van der Waals surface area (Å²) in [6.45, 7) is 4.47. The zero-order chi connectivity index (χ0) is 13.0. The molecule has 0 saturated heterocycles. The van der Waals surface area contributed by atoms with Crippen LogP contribution >= 0.6 is 0 Å². The lowest BCUT2D eigenvalue weighted by atomic mass is 10.2. The van der Waals surface area contributed by atoms with Crippen LogP contribution in [0.15, 0.2) is 36.5 Å². The number of rotatable bonds is 4. The Kier molecular flexibility index (Phi) is 3.67. The molecule has 0 aliphatic heterocycles. The summed E-state index contributed by atoms with van der Waals surface area (Å²) in [7, 11) is 0. The van der Waals surface area contributed by atoms with Crippen LogP contribution in [0.25, 0.3) is 0 Å². The summed E-state index contributed by atoms with van der Waals surface area (Å²) in [4.78, 5) is 4.12. The van der Waals surface area contributed by atoms with E-state index in [1.165, 1.54) is 0 Å². The van der Waals surface area contributed by atoms with Crippen LogP contribution in [0.1, 0.15) is 12.5 Å². The van der Waals surface area contributed by atoms with Gasteiger partial charge in [-0.2, -0.15) is 0 Å². The number of aromatic nitrogens is 1. The summed E-state index contributed by atoms with van der Waals surface area (Å²) in [6, 6.07) is 9.24. The lowest BCUT2D eigenvalue weighted by Gasteiger charge is -2.10. The van der Waals surface area contributed by atoms with Crippen LogP contribution in [-0.4, -0.2) is 11.6 Å². The maximum absolute atomic E-state index is 5.91. The van der Waals surface area contributed by atoms with Crippen molar-refractivity contribution in [1.82, 2.24) is 4.98 Å². The molecule has 1 heterocycles. The Labute approximate surface area is 106 Å². The lowest BCUT2D eigenvalue weighted by molar-refractivity contribution is 0.338. The Bertz CT molecular complexity index is 541. The predicted octanol–water partition coefficient (Wildman–Crippen LogP) is 3.16. The van der Waals surface area contributed by atoms with E-state index in [2.05, 4.69) is 4.98 Å². The van der Waals surface area contributed by atoms with E-state index in [1.807, 2.05) is 44.2 Å². The van der Waals surface area contributed by atoms with Crippen molar-refractivity contribution >= 4 is 5.69 Å². The van der Waals surface area contributed by atoms with E-state index in [9.17, 15) is 0 Å². The Morgan fingerprint density at radius 3 is 2.78 bits per heavy atom. The van der Waals surface area contributed by atoms with Gasteiger partial charge in [-0.25, -0.2) is 4.98 Å². The minimum absolute atomic E-state index is 0.420. The quantitative estimate of drug-likeness (QED) is 0.897. The van der Waals surface area contributed by atoms with E-state index in [4.69, 9.17) is 15.2 Å². The summed E-state index contributed by atoms with van der Waals surface area (Å²) in [5, 5.41) is 0. The molecule has 0 atom stereocenters. The van der Waals surface area contributed by atoms with Crippen LogP contribution in [0.5, 0.6) is 17.4 Å². The van der Waals surface area contributed by atoms with Crippen molar-refractivity contribution in [3.63, 3.8) is 0 Å². The molecule has 1 aromatic carbocycles. The van der Waals surface area contributed by atoms with Crippen LogP contribution in [0, 0.1) is 6.92 Å². The number of pyridine rings is 1. The van der Waals surface area contributed by atoms with Crippen LogP contribution < -0.4 is 15.2 Å². The van der Waals surface area contributed by atoms with E-state index < -0.39 is 0 Å². The molecular weight excluding hydrogens is 228 g/mol. The number of nitrogens with two attached hydrogens (primary N) is 1. The number of benzene rings is 1. The molecular formula is C14H16N2O2. The van der Waals surface area contributed by atoms with Crippen LogP contribution in [0.4, 0.5) is 5.69 Å². The van der Waals surface area contributed by atoms with Gasteiger partial charge in [0.1, 0.15) is 11.5 Å². The molecule has 1 aromatic heterocycles. The highest BCUT2D eigenvalue weighted by atomic mass is 16.5. The zero-order valence-electron chi connectivity index (χ0n) is 10.5. The van der Waals surface area contributed by atoms with Crippen molar-refractivity contribution in [1.29, 1.82) is 0 Å². The van der Waals surface area contributed by atoms with Crippen molar-refractivity contribution in [3.05, 3.63) is 42.1 Å². The first-order chi connectivity index (χ1) is 8.70. The van der Waals surface area contributed by atoms with Gasteiger partial charge < -0.3 is 15.2 Å². The number of ether oxygens (including phenoxy) is 2. The van der Waals surface area contributed by atoms with Crippen LogP contribution in [0.2, 0.25) is 0 Å². The fourth-order valence-corrected chi connectivity index (χ4v) is 1.53. The molecule has 0 bridgehead atoms. The topological polar surface area (TPSA) is 57.4 Å². The van der Waals surface area contributed by atoms with Gasteiger partial charge in [-0.1, -0.05) is 6.07 Å². The van der Waals surface area contributed by atoms with Crippen LogP contribution in [0.3, 0.4) is 0 Å². The minimum Gasteiger partial charge on any atom is -0.494 e. The number of aryl methyl sites for hydroxylation is 1. The third-order valence-corrected chi connectivity index (χ3v) is 2.50. The molecule has 0 spiro atoms. The first-order valence-corrected chi connectivity index (χ1v) is 5.82. The molecule has 0 amide bonds. The van der Waals surface area contributed by atoms with Crippen molar-refractivity contribution in [2.45, 2.75) is 13.8 Å². The number of hydrogen-bond acceptors (Lipinski definition) is 4. The SMILES string of the molecule is CCOc1cccc(Oc2nccc(C)c2N)c1. The average molecular weight is 244 g/mol. The van der Waals surface area contributed by atoms with Crippen LogP contribution in [-0.2, 0) is 0 Å². The molecule has 4 heteroatoms. The first kappa shape index (κ1) is 12.2. The maximum atomic E-state index is 5.91. The van der Waals surface area contributed by atoms with Gasteiger partial charge >= 0.3 is 0 Å². The van der Waals surface area contributed by atoms with Gasteiger partial charge in [0.25, 0.3) is 0 Å². The van der Waals surface area contributed by atoms with Gasteiger partial charge in [0.15, 0.2) is 0 Å². The predicted molar refractivity (Wildman–Crippen MR) is 71.1 cm³/mol. The first-order valence-electron chi connectivity index (χ1n) is 5.82. The maximum Gasteiger partial charge on any atom is 0.242 e. The third-order valence-electron chi connectivity index (χ3n) is 2.50. The molecule has 0 radical (unpaired) electrons. The smallest absolute Gasteiger partial charge is 0.242 e. The second-order valence-electron chi connectivity index (χ2n) is 3.86. The molecule has 0 unspecified atom stereocenters. The van der Waals surface area contributed by atoms with Gasteiger partial charge in [0.05, 0.1) is 12.3 Å². The van der Waals surface area contributed by atoms with E-state index in [0.29, 0.717) is 23.9 Å². The fourth-order valence-electron chi connectivity index (χ4n) is 1.53. The van der Waals surface area contributed by atoms with E-state index in [1.54, 1.807) is 6.20 Å². The van der Waals surface area contributed by atoms with Crippen molar-refractivity contribution in [2.75, 3.05) is 12.3 Å². The molecule has 4 nitrogen and oxygen atoms in total. The number of nitrogen functional groups attached to an aromatic ring is 1. The molecule has 18 heavy (non-hydrogen) atoms. The molecule has 0 fully saturated rings. The molecule has 0 saturated carbocycles. The molecule has 2 N–H and O–H groups in total. The Balaban J connectivity index is 2.23. The van der Waals surface area contributed by atoms with Crippen molar-refractivity contribution < 1.29 is 9.47 Å². The molecule has 0 aliphatic carbocycles. The number of nitrogens with zero attached hydrogens (tertiary/aromatic N) is 1. The summed E-state index contributed by atoms with van der Waals surface area (Å²) in [5.41, 5.74) is 7.41. The molecule has 94 valence electrons. The summed E-state index contributed by atoms with van der Waals surface area (Å²) >= 11 is 0. The summed E-state index contributed by atoms with van der Waals surface area (Å²) < 4.78 is 11.1. The highest BCUT2D eigenvalue weighted by Crippen LogP contribution is 2.28. The molecule has 2 aromatic rings. The standard InChI is InChI=1S/C14H16N2O2/c1-3-17-11-5-4-6-12(9-11)18-14-13(15)10(2)7-8-16-14/h4-9H,3,15H2,1-2H3. The largest absolute Gasteiger partial charge is 0.494 e. The van der Waals surface area contributed by atoms with E-state index in [0.717, 1.165) is 11.3 Å². The van der Waals surface area contributed by atoms with Gasteiger partial charge in [0, 0.05) is 12.3 Å². The Morgan fingerprint density at radius 2 is 2.00 bits per heavy atom. The fraction of sp³-hybridized carbons (Fsp3) is 0.214. The average Bonchev–Trinajstić information content (AvgIpc) is 2.36. The van der Waals surface area contributed by atoms with E-state index in [-0.39, 0.29) is 0 Å². The van der Waals surface area contributed by atoms with Gasteiger partial charge in [-0.05, 0) is 37.6 Å². The second-order valence-corrected chi connectivity index (χ2v) is 3.86. The third kappa shape index (κ3) is 2.71. The molecule has 2 rings (SSSR count). The monoisotopic (exact) mass is 244 g/mol.